The van der Waals surface area contributed by atoms with Crippen LogP contribution in [0.15, 0.2) is 48.7 Å². The number of aromatic nitrogens is 4. The highest BCUT2D eigenvalue weighted by molar-refractivity contribution is 6.31. The van der Waals surface area contributed by atoms with Gasteiger partial charge in [-0.1, -0.05) is 11.6 Å². The van der Waals surface area contributed by atoms with Crippen molar-refractivity contribution in [1.29, 1.82) is 0 Å². The van der Waals surface area contributed by atoms with Crippen LogP contribution < -0.4 is 4.74 Å². The molecule has 2 heterocycles. The first-order valence-corrected chi connectivity index (χ1v) is 7.96. The largest absolute Gasteiger partial charge is 0.496 e. The maximum absolute atomic E-state index is 13.5. The van der Waals surface area contributed by atoms with Crippen LogP contribution in [0.5, 0.6) is 5.75 Å². The van der Waals surface area contributed by atoms with E-state index in [-0.39, 0.29) is 5.02 Å². The Labute approximate surface area is 151 Å². The molecule has 0 aliphatic carbocycles. The molecule has 0 aliphatic heterocycles. The van der Waals surface area contributed by atoms with Crippen molar-refractivity contribution in [3.05, 3.63) is 65.3 Å². The first kappa shape index (κ1) is 16.4. The second kappa shape index (κ2) is 6.34. The van der Waals surface area contributed by atoms with Gasteiger partial charge in [-0.2, -0.15) is 9.50 Å². The van der Waals surface area contributed by atoms with Gasteiger partial charge in [0.15, 0.2) is 5.82 Å². The average Bonchev–Trinajstić information content (AvgIpc) is 3.08. The molecule has 0 amide bonds. The van der Waals surface area contributed by atoms with Gasteiger partial charge in [0.1, 0.15) is 17.4 Å². The molecule has 4 aromatic rings. The third-order valence-corrected chi connectivity index (χ3v) is 4.15. The molecule has 0 bridgehead atoms. The van der Waals surface area contributed by atoms with Crippen LogP contribution in [0.1, 0.15) is 0 Å². The van der Waals surface area contributed by atoms with Crippen molar-refractivity contribution in [3.8, 4) is 28.4 Å². The van der Waals surface area contributed by atoms with Gasteiger partial charge in [0, 0.05) is 23.4 Å². The van der Waals surface area contributed by atoms with Gasteiger partial charge in [0.2, 0.25) is 0 Å². The molecule has 4 rings (SSSR count). The lowest BCUT2D eigenvalue weighted by Gasteiger charge is -2.09. The van der Waals surface area contributed by atoms with Gasteiger partial charge in [-0.15, -0.1) is 5.10 Å². The summed E-state index contributed by atoms with van der Waals surface area (Å²) in [6.45, 7) is 0. The van der Waals surface area contributed by atoms with E-state index in [9.17, 15) is 8.78 Å². The van der Waals surface area contributed by atoms with E-state index in [1.165, 1.54) is 42.0 Å². The Balaban J connectivity index is 1.90. The SMILES string of the molecule is COc1cc(F)ccc1-c1ccnc2nc(-c3ccc(F)c(Cl)c3)nn12. The molecule has 0 spiro atoms. The van der Waals surface area contributed by atoms with Crippen LogP contribution in [0, 0.1) is 11.6 Å². The summed E-state index contributed by atoms with van der Waals surface area (Å²) in [4.78, 5) is 8.55. The van der Waals surface area contributed by atoms with Crippen molar-refractivity contribution in [3.63, 3.8) is 0 Å². The van der Waals surface area contributed by atoms with Crippen LogP contribution in [0.2, 0.25) is 5.02 Å². The highest BCUT2D eigenvalue weighted by atomic mass is 35.5. The highest BCUT2D eigenvalue weighted by Gasteiger charge is 2.15. The number of nitrogens with zero attached hydrogens (tertiary/aromatic N) is 4. The summed E-state index contributed by atoms with van der Waals surface area (Å²) >= 11 is 5.84. The van der Waals surface area contributed by atoms with Crippen molar-refractivity contribution >= 4 is 17.4 Å². The smallest absolute Gasteiger partial charge is 0.253 e. The van der Waals surface area contributed by atoms with Crippen molar-refractivity contribution < 1.29 is 13.5 Å². The van der Waals surface area contributed by atoms with E-state index in [2.05, 4.69) is 15.1 Å². The minimum atomic E-state index is -0.519. The lowest BCUT2D eigenvalue weighted by molar-refractivity contribution is 0.412. The van der Waals surface area contributed by atoms with E-state index in [1.807, 2.05) is 0 Å². The summed E-state index contributed by atoms with van der Waals surface area (Å²) in [7, 11) is 1.46. The van der Waals surface area contributed by atoms with E-state index >= 15 is 0 Å². The molecule has 0 fully saturated rings. The minimum Gasteiger partial charge on any atom is -0.496 e. The Morgan fingerprint density at radius 2 is 1.92 bits per heavy atom. The number of ether oxygens (including phenoxy) is 1. The molecule has 26 heavy (non-hydrogen) atoms. The van der Waals surface area contributed by atoms with E-state index in [4.69, 9.17) is 16.3 Å². The summed E-state index contributed by atoms with van der Waals surface area (Å²) in [6, 6.07) is 10.2. The minimum absolute atomic E-state index is 0.0188. The zero-order valence-electron chi connectivity index (χ0n) is 13.4. The van der Waals surface area contributed by atoms with Gasteiger partial charge in [-0.3, -0.25) is 0 Å². The van der Waals surface area contributed by atoms with Gasteiger partial charge in [0.25, 0.3) is 5.78 Å². The Morgan fingerprint density at radius 3 is 2.69 bits per heavy atom. The second-order valence-electron chi connectivity index (χ2n) is 5.45. The van der Waals surface area contributed by atoms with Crippen molar-refractivity contribution in [2.24, 2.45) is 0 Å². The fourth-order valence-electron chi connectivity index (χ4n) is 2.63. The Hall–Kier alpha value is -3.06. The maximum Gasteiger partial charge on any atom is 0.253 e. The normalized spacial score (nSPS) is 11.1. The standard InChI is InChI=1S/C18H11ClF2N4O/c1-26-16-9-11(20)3-4-12(16)15-6-7-22-18-23-17(24-25(15)18)10-2-5-14(21)13(19)8-10/h2-9H,1H3. The molecule has 8 heteroatoms. The van der Waals surface area contributed by atoms with Crippen LogP contribution in [-0.2, 0) is 0 Å². The van der Waals surface area contributed by atoms with Gasteiger partial charge < -0.3 is 4.74 Å². The zero-order chi connectivity index (χ0) is 18.3. The third-order valence-electron chi connectivity index (χ3n) is 3.86. The van der Waals surface area contributed by atoms with Crippen LogP contribution in [0.25, 0.3) is 28.4 Å². The first-order chi connectivity index (χ1) is 12.6. The summed E-state index contributed by atoms with van der Waals surface area (Å²) in [5.41, 5.74) is 1.81. The summed E-state index contributed by atoms with van der Waals surface area (Å²) in [6.07, 6.45) is 1.57. The molecular formula is C18H11ClF2N4O. The predicted molar refractivity (Wildman–Crippen MR) is 93.1 cm³/mol. The molecule has 0 saturated carbocycles. The summed E-state index contributed by atoms with van der Waals surface area (Å²) in [5.74, 6) is 0.113. The molecule has 130 valence electrons. The molecule has 0 saturated heterocycles. The number of halogens is 3. The molecule has 2 aromatic carbocycles. The van der Waals surface area contributed by atoms with Gasteiger partial charge in [0.05, 0.1) is 17.8 Å². The molecular weight excluding hydrogens is 362 g/mol. The summed E-state index contributed by atoms with van der Waals surface area (Å²) < 4.78 is 33.7. The van der Waals surface area contributed by atoms with Crippen LogP contribution in [-0.4, -0.2) is 26.7 Å². The molecule has 0 atom stereocenters. The lowest BCUT2D eigenvalue weighted by atomic mass is 10.1. The Bertz CT molecular complexity index is 1130. The quantitative estimate of drug-likeness (QED) is 0.535. The number of benzene rings is 2. The number of hydrogen-bond donors (Lipinski definition) is 0. The van der Waals surface area contributed by atoms with Crippen molar-refractivity contribution in [1.82, 2.24) is 19.6 Å². The molecule has 0 unspecified atom stereocenters. The van der Waals surface area contributed by atoms with E-state index in [0.29, 0.717) is 34.2 Å². The Morgan fingerprint density at radius 1 is 1.08 bits per heavy atom. The first-order valence-electron chi connectivity index (χ1n) is 7.58. The molecule has 0 aliphatic rings. The maximum atomic E-state index is 13.5. The Kier molecular flexibility index (Phi) is 4.00. The summed E-state index contributed by atoms with van der Waals surface area (Å²) in [5, 5.41) is 4.42. The van der Waals surface area contributed by atoms with E-state index < -0.39 is 11.6 Å². The molecule has 2 aromatic heterocycles. The highest BCUT2D eigenvalue weighted by Crippen LogP contribution is 2.31. The third kappa shape index (κ3) is 2.76. The number of rotatable bonds is 3. The van der Waals surface area contributed by atoms with Gasteiger partial charge in [-0.05, 0) is 36.4 Å². The van der Waals surface area contributed by atoms with E-state index in [1.54, 1.807) is 18.3 Å². The molecule has 0 N–H and O–H groups in total. The van der Waals surface area contributed by atoms with Gasteiger partial charge in [-0.25, -0.2) is 13.8 Å². The fourth-order valence-corrected chi connectivity index (χ4v) is 2.81. The molecule has 0 radical (unpaired) electrons. The number of methoxy groups -OCH3 is 1. The van der Waals surface area contributed by atoms with Crippen LogP contribution in [0.4, 0.5) is 8.78 Å². The zero-order valence-corrected chi connectivity index (χ0v) is 14.2. The van der Waals surface area contributed by atoms with Gasteiger partial charge >= 0.3 is 0 Å². The lowest BCUT2D eigenvalue weighted by Crippen LogP contribution is -1.98. The second-order valence-corrected chi connectivity index (χ2v) is 5.86. The van der Waals surface area contributed by atoms with Crippen molar-refractivity contribution in [2.75, 3.05) is 7.11 Å². The van der Waals surface area contributed by atoms with Crippen molar-refractivity contribution in [2.45, 2.75) is 0 Å². The van der Waals surface area contributed by atoms with E-state index in [0.717, 1.165) is 0 Å². The monoisotopic (exact) mass is 372 g/mol. The van der Waals surface area contributed by atoms with Crippen LogP contribution >= 0.6 is 11.6 Å². The molecule has 5 nitrogen and oxygen atoms in total. The van der Waals surface area contributed by atoms with Crippen LogP contribution in [0.3, 0.4) is 0 Å². The number of hydrogen-bond acceptors (Lipinski definition) is 4. The topological polar surface area (TPSA) is 52.3 Å². The predicted octanol–water partition coefficient (Wildman–Crippen LogP) is 4.40. The fraction of sp³-hybridized carbons (Fsp3) is 0.0556. The number of fused-ring (bicyclic) bond motifs is 1. The average molecular weight is 373 g/mol.